The normalized spacial score (nSPS) is 42.2. The van der Waals surface area contributed by atoms with Gasteiger partial charge in [0.15, 0.2) is 0 Å². The smallest absolute Gasteiger partial charge is 0.226 e. The Bertz CT molecular complexity index is 626. The third kappa shape index (κ3) is 2.31. The molecule has 1 aromatic carbocycles. The number of amides is 1. The Hall–Kier alpha value is -1.38. The first-order chi connectivity index (χ1) is 11.6. The molecule has 6 rings (SSSR count). The minimum Gasteiger partial charge on any atom is -0.342 e. The lowest BCUT2D eigenvalue weighted by Crippen LogP contribution is -2.56. The molecular weight excluding hydrogens is 301 g/mol. The van der Waals surface area contributed by atoms with Gasteiger partial charge in [0.2, 0.25) is 5.91 Å². The van der Waals surface area contributed by atoms with Crippen molar-refractivity contribution in [3.05, 3.63) is 35.6 Å². The summed E-state index contributed by atoms with van der Waals surface area (Å²) in [5.41, 5.74) is 1.12. The van der Waals surface area contributed by atoms with Gasteiger partial charge in [0.1, 0.15) is 5.82 Å². The zero-order valence-electron chi connectivity index (χ0n) is 14.3. The molecule has 24 heavy (non-hydrogen) atoms. The van der Waals surface area contributed by atoms with E-state index in [0.29, 0.717) is 17.9 Å². The van der Waals surface area contributed by atoms with Crippen molar-refractivity contribution >= 4 is 5.91 Å². The minimum absolute atomic E-state index is 0.123. The summed E-state index contributed by atoms with van der Waals surface area (Å²) in [6.07, 6.45) is 7.78. The minimum atomic E-state index is -0.201. The van der Waals surface area contributed by atoms with E-state index in [0.717, 1.165) is 35.7 Å². The Labute approximate surface area is 143 Å². The molecule has 0 N–H and O–H groups in total. The third-order valence-corrected chi connectivity index (χ3v) is 7.38. The average Bonchev–Trinajstić information content (AvgIpc) is 3.34. The van der Waals surface area contributed by atoms with E-state index < -0.39 is 0 Å². The maximum atomic E-state index is 13.1. The van der Waals surface area contributed by atoms with E-state index >= 15 is 0 Å². The number of halogens is 1. The topological polar surface area (TPSA) is 20.3 Å². The molecule has 5 saturated carbocycles. The molecule has 5 aliphatic carbocycles. The van der Waals surface area contributed by atoms with Crippen molar-refractivity contribution in [1.29, 1.82) is 0 Å². The van der Waals surface area contributed by atoms with Crippen LogP contribution in [0.1, 0.15) is 50.0 Å². The van der Waals surface area contributed by atoms with Crippen LogP contribution in [0.15, 0.2) is 24.3 Å². The molecule has 3 heteroatoms. The van der Waals surface area contributed by atoms with Crippen molar-refractivity contribution in [3.8, 4) is 0 Å². The van der Waals surface area contributed by atoms with Crippen LogP contribution in [0.25, 0.3) is 0 Å². The Balaban J connectivity index is 1.29. The highest BCUT2D eigenvalue weighted by Crippen LogP contribution is 2.56. The number of hydrogen-bond donors (Lipinski definition) is 0. The maximum Gasteiger partial charge on any atom is 0.226 e. The van der Waals surface area contributed by atoms with E-state index in [9.17, 15) is 9.18 Å². The lowest BCUT2D eigenvalue weighted by Gasteiger charge is -2.56. The summed E-state index contributed by atoms with van der Waals surface area (Å²) in [5.74, 6) is 3.95. The number of benzene rings is 1. The first kappa shape index (κ1) is 14.9. The van der Waals surface area contributed by atoms with Gasteiger partial charge in [-0.15, -0.1) is 0 Å². The molecule has 128 valence electrons. The van der Waals surface area contributed by atoms with Gasteiger partial charge >= 0.3 is 0 Å². The molecule has 0 aliphatic heterocycles. The van der Waals surface area contributed by atoms with Gasteiger partial charge in [-0.25, -0.2) is 4.39 Å². The highest BCUT2D eigenvalue weighted by Gasteiger charge is 2.53. The van der Waals surface area contributed by atoms with E-state index in [-0.39, 0.29) is 11.7 Å². The predicted molar refractivity (Wildman–Crippen MR) is 90.9 cm³/mol. The highest BCUT2D eigenvalue weighted by atomic mass is 19.1. The van der Waals surface area contributed by atoms with E-state index in [1.54, 1.807) is 0 Å². The fourth-order valence-corrected chi connectivity index (χ4v) is 6.48. The van der Waals surface area contributed by atoms with Crippen molar-refractivity contribution < 1.29 is 9.18 Å². The Morgan fingerprint density at radius 3 is 2.12 bits per heavy atom. The summed E-state index contributed by atoms with van der Waals surface area (Å²) in [7, 11) is 2.05. The Morgan fingerprint density at radius 2 is 1.54 bits per heavy atom. The summed E-state index contributed by atoms with van der Waals surface area (Å²) < 4.78 is 13.1. The highest BCUT2D eigenvalue weighted by molar-refractivity contribution is 5.83. The van der Waals surface area contributed by atoms with E-state index in [1.165, 1.54) is 44.2 Å². The van der Waals surface area contributed by atoms with Crippen molar-refractivity contribution in [2.24, 2.45) is 29.6 Å². The molecule has 1 amide bonds. The molecule has 2 nitrogen and oxygen atoms in total. The SMILES string of the molecule is CN(C(=O)C1CC1c1ccc(F)cc1)C1C2CC3CC(C2)CC1C3. The van der Waals surface area contributed by atoms with Gasteiger partial charge in [0.25, 0.3) is 0 Å². The number of rotatable bonds is 3. The summed E-state index contributed by atoms with van der Waals surface area (Å²) in [6, 6.07) is 7.19. The second-order valence-corrected chi connectivity index (χ2v) is 8.87. The van der Waals surface area contributed by atoms with Crippen LogP contribution < -0.4 is 0 Å². The van der Waals surface area contributed by atoms with Gasteiger partial charge in [-0.2, -0.15) is 0 Å². The van der Waals surface area contributed by atoms with Gasteiger partial charge in [-0.1, -0.05) is 12.1 Å². The summed E-state index contributed by atoms with van der Waals surface area (Å²) in [6.45, 7) is 0. The molecule has 0 heterocycles. The molecule has 0 saturated heterocycles. The zero-order chi connectivity index (χ0) is 16.4. The second-order valence-electron chi connectivity index (χ2n) is 8.87. The summed E-state index contributed by atoms with van der Waals surface area (Å²) >= 11 is 0. The molecule has 1 aromatic rings. The molecule has 2 unspecified atom stereocenters. The molecular formula is C21H26FNO. The molecule has 0 aromatic heterocycles. The van der Waals surface area contributed by atoms with Crippen LogP contribution in [-0.4, -0.2) is 23.9 Å². The van der Waals surface area contributed by atoms with Gasteiger partial charge in [0.05, 0.1) is 0 Å². The van der Waals surface area contributed by atoms with E-state index in [1.807, 2.05) is 12.1 Å². The monoisotopic (exact) mass is 327 g/mol. The van der Waals surface area contributed by atoms with Crippen LogP contribution in [0.2, 0.25) is 0 Å². The molecule has 5 aliphatic rings. The van der Waals surface area contributed by atoms with Crippen molar-refractivity contribution in [2.45, 2.75) is 50.5 Å². The number of carbonyl (C=O) groups excluding carboxylic acids is 1. The zero-order valence-corrected chi connectivity index (χ0v) is 14.3. The molecule has 4 bridgehead atoms. The first-order valence-corrected chi connectivity index (χ1v) is 9.62. The van der Waals surface area contributed by atoms with Crippen LogP contribution in [0.4, 0.5) is 4.39 Å². The third-order valence-electron chi connectivity index (χ3n) is 7.38. The van der Waals surface area contributed by atoms with E-state index in [2.05, 4.69) is 11.9 Å². The largest absolute Gasteiger partial charge is 0.342 e. The molecule has 0 spiro atoms. The predicted octanol–water partition coefficient (Wildman–Crippen LogP) is 4.21. The lowest BCUT2D eigenvalue weighted by molar-refractivity contribution is -0.142. The van der Waals surface area contributed by atoms with Gasteiger partial charge in [0, 0.05) is 19.0 Å². The Kier molecular flexibility index (Phi) is 3.30. The number of hydrogen-bond acceptors (Lipinski definition) is 1. The van der Waals surface area contributed by atoms with Crippen LogP contribution in [0, 0.1) is 35.4 Å². The van der Waals surface area contributed by atoms with Crippen molar-refractivity contribution in [2.75, 3.05) is 7.05 Å². The van der Waals surface area contributed by atoms with Crippen LogP contribution in [0.5, 0.6) is 0 Å². The quantitative estimate of drug-likeness (QED) is 0.814. The summed E-state index contributed by atoms with van der Waals surface area (Å²) in [4.78, 5) is 15.2. The first-order valence-electron chi connectivity index (χ1n) is 9.62. The number of carbonyl (C=O) groups is 1. The molecule has 2 atom stereocenters. The lowest BCUT2D eigenvalue weighted by atomic mass is 9.54. The van der Waals surface area contributed by atoms with Gasteiger partial charge in [-0.05, 0) is 85.8 Å². The molecule has 0 radical (unpaired) electrons. The van der Waals surface area contributed by atoms with E-state index in [4.69, 9.17) is 0 Å². The average molecular weight is 327 g/mol. The van der Waals surface area contributed by atoms with Crippen molar-refractivity contribution in [1.82, 2.24) is 4.90 Å². The molecule has 5 fully saturated rings. The van der Waals surface area contributed by atoms with Crippen LogP contribution in [0.3, 0.4) is 0 Å². The van der Waals surface area contributed by atoms with Gasteiger partial charge in [-0.3, -0.25) is 4.79 Å². The standard InChI is InChI=1S/C21H26FNO/c1-23(20-15-7-12-6-13(9-15)10-16(20)8-12)21(24)19-11-18(19)14-2-4-17(22)5-3-14/h2-5,12-13,15-16,18-20H,6-11H2,1H3. The Morgan fingerprint density at radius 1 is 0.958 bits per heavy atom. The van der Waals surface area contributed by atoms with Crippen LogP contribution in [-0.2, 0) is 4.79 Å². The number of nitrogens with zero attached hydrogens (tertiary/aromatic N) is 1. The van der Waals surface area contributed by atoms with Crippen molar-refractivity contribution in [3.63, 3.8) is 0 Å². The summed E-state index contributed by atoms with van der Waals surface area (Å²) in [5, 5.41) is 0. The fourth-order valence-electron chi connectivity index (χ4n) is 6.48. The van der Waals surface area contributed by atoms with Gasteiger partial charge < -0.3 is 4.90 Å². The maximum absolute atomic E-state index is 13.1. The second kappa shape index (κ2) is 5.31. The van der Waals surface area contributed by atoms with Crippen LogP contribution >= 0.6 is 0 Å². The fraction of sp³-hybridized carbons (Fsp3) is 0.667.